The van der Waals surface area contributed by atoms with Crippen LogP contribution in [0, 0.1) is 12.8 Å². The van der Waals surface area contributed by atoms with Crippen LogP contribution >= 0.6 is 0 Å². The molecule has 124 valence electrons. The molecule has 0 amide bonds. The summed E-state index contributed by atoms with van der Waals surface area (Å²) in [7, 11) is 0. The van der Waals surface area contributed by atoms with Gasteiger partial charge in [0.05, 0.1) is 12.3 Å². The van der Waals surface area contributed by atoms with Crippen LogP contribution in [-0.2, 0) is 6.61 Å². The Morgan fingerprint density at radius 1 is 1.27 bits per heavy atom. The lowest BCUT2D eigenvalue weighted by Crippen LogP contribution is -2.45. The van der Waals surface area contributed by atoms with Crippen molar-refractivity contribution in [2.75, 3.05) is 26.2 Å². The largest absolute Gasteiger partial charge is 0.506 e. The van der Waals surface area contributed by atoms with Crippen molar-refractivity contribution in [3.8, 4) is 5.75 Å². The molecule has 5 heteroatoms. The predicted molar refractivity (Wildman–Crippen MR) is 87.8 cm³/mol. The van der Waals surface area contributed by atoms with Crippen molar-refractivity contribution in [2.45, 2.75) is 46.3 Å². The molecule has 0 aliphatic carbocycles. The fourth-order valence-electron chi connectivity index (χ4n) is 3.14. The minimum atomic E-state index is -0.0829. The summed E-state index contributed by atoms with van der Waals surface area (Å²) < 4.78 is 0. The minimum Gasteiger partial charge on any atom is -0.506 e. The van der Waals surface area contributed by atoms with Gasteiger partial charge >= 0.3 is 0 Å². The highest BCUT2D eigenvalue weighted by atomic mass is 16.3. The molecule has 1 aliphatic heterocycles. The Morgan fingerprint density at radius 3 is 2.55 bits per heavy atom. The Kier molecular flexibility index (Phi) is 6.17. The number of hydrogen-bond acceptors (Lipinski definition) is 5. The highest BCUT2D eigenvalue weighted by Gasteiger charge is 2.27. The number of aromatic nitrogens is 1. The van der Waals surface area contributed by atoms with E-state index in [1.807, 2.05) is 6.92 Å². The van der Waals surface area contributed by atoms with Crippen molar-refractivity contribution in [1.29, 1.82) is 0 Å². The second-order valence-corrected chi connectivity index (χ2v) is 6.56. The van der Waals surface area contributed by atoms with Crippen molar-refractivity contribution in [3.63, 3.8) is 0 Å². The minimum absolute atomic E-state index is 0.0829. The van der Waals surface area contributed by atoms with Crippen LogP contribution in [-0.4, -0.2) is 46.3 Å². The van der Waals surface area contributed by atoms with Gasteiger partial charge in [-0.25, -0.2) is 0 Å². The summed E-state index contributed by atoms with van der Waals surface area (Å²) in [5.41, 5.74) is 2.25. The second kappa shape index (κ2) is 7.90. The highest BCUT2D eigenvalue weighted by molar-refractivity contribution is 5.43. The van der Waals surface area contributed by atoms with Crippen molar-refractivity contribution < 1.29 is 10.2 Å². The van der Waals surface area contributed by atoms with Gasteiger partial charge in [0.15, 0.2) is 0 Å². The molecule has 2 rings (SSSR count). The first-order valence-corrected chi connectivity index (χ1v) is 8.27. The third kappa shape index (κ3) is 3.97. The molecule has 1 saturated heterocycles. The standard InChI is InChI=1S/C17H29N3O2/c1-12(2)4-5-15(20-8-6-18-7-9-20)16-14(11-21)10-19-13(3)17(16)22/h10,12,15,18,21-22H,4-9,11H2,1-3H3/t15-/m1/s1. The first kappa shape index (κ1) is 17.2. The van der Waals surface area contributed by atoms with Crippen LogP contribution in [0.2, 0.25) is 0 Å². The van der Waals surface area contributed by atoms with Crippen molar-refractivity contribution in [1.82, 2.24) is 15.2 Å². The fourth-order valence-corrected chi connectivity index (χ4v) is 3.14. The zero-order valence-corrected chi connectivity index (χ0v) is 14.0. The number of aryl methyl sites for hydroxylation is 1. The van der Waals surface area contributed by atoms with E-state index in [2.05, 4.69) is 29.0 Å². The number of hydrogen-bond donors (Lipinski definition) is 3. The van der Waals surface area contributed by atoms with Gasteiger partial charge in [-0.3, -0.25) is 9.88 Å². The number of aliphatic hydroxyl groups excluding tert-OH is 1. The van der Waals surface area contributed by atoms with E-state index >= 15 is 0 Å². The normalized spacial score (nSPS) is 17.9. The summed E-state index contributed by atoms with van der Waals surface area (Å²) in [5, 5.41) is 23.6. The zero-order valence-electron chi connectivity index (χ0n) is 14.0. The van der Waals surface area contributed by atoms with Gasteiger partial charge in [-0.2, -0.15) is 0 Å². The molecule has 0 bridgehead atoms. The molecule has 1 fully saturated rings. The Hall–Kier alpha value is -1.17. The summed E-state index contributed by atoms with van der Waals surface area (Å²) >= 11 is 0. The predicted octanol–water partition coefficient (Wildman–Crippen LogP) is 1.97. The van der Waals surface area contributed by atoms with Crippen LogP contribution in [0.3, 0.4) is 0 Å². The molecule has 1 aliphatic rings. The summed E-state index contributed by atoms with van der Waals surface area (Å²) in [6, 6.07) is 0.147. The Labute approximate surface area is 133 Å². The van der Waals surface area contributed by atoms with Crippen LogP contribution in [0.1, 0.15) is 49.6 Å². The van der Waals surface area contributed by atoms with Crippen LogP contribution in [0.15, 0.2) is 6.20 Å². The van der Waals surface area contributed by atoms with Gasteiger partial charge in [0.25, 0.3) is 0 Å². The molecule has 0 radical (unpaired) electrons. The Morgan fingerprint density at radius 2 is 1.95 bits per heavy atom. The molecular formula is C17H29N3O2. The number of aromatic hydroxyl groups is 1. The lowest BCUT2D eigenvalue weighted by Gasteiger charge is -2.36. The zero-order chi connectivity index (χ0) is 16.1. The summed E-state index contributed by atoms with van der Waals surface area (Å²) in [4.78, 5) is 6.62. The molecule has 22 heavy (non-hydrogen) atoms. The van der Waals surface area contributed by atoms with E-state index in [4.69, 9.17) is 0 Å². The molecule has 0 spiro atoms. The van der Waals surface area contributed by atoms with Crippen LogP contribution < -0.4 is 5.32 Å². The average molecular weight is 307 g/mol. The first-order valence-electron chi connectivity index (χ1n) is 8.27. The number of piperazine rings is 1. The molecule has 1 atom stereocenters. The molecule has 5 nitrogen and oxygen atoms in total. The fraction of sp³-hybridized carbons (Fsp3) is 0.706. The Balaban J connectivity index is 2.36. The van der Waals surface area contributed by atoms with Gasteiger partial charge in [0.1, 0.15) is 5.75 Å². The maximum atomic E-state index is 10.6. The number of pyridine rings is 1. The van der Waals surface area contributed by atoms with E-state index < -0.39 is 0 Å². The van der Waals surface area contributed by atoms with E-state index in [-0.39, 0.29) is 18.4 Å². The third-order valence-electron chi connectivity index (χ3n) is 4.47. The number of rotatable bonds is 6. The van der Waals surface area contributed by atoms with Gasteiger partial charge in [-0.05, 0) is 25.7 Å². The maximum Gasteiger partial charge on any atom is 0.141 e. The Bertz CT molecular complexity index is 485. The summed E-state index contributed by atoms with van der Waals surface area (Å²) in [6.45, 7) is 10.0. The van der Waals surface area contributed by atoms with Crippen molar-refractivity contribution in [2.24, 2.45) is 5.92 Å². The smallest absolute Gasteiger partial charge is 0.141 e. The molecule has 1 aromatic rings. The van der Waals surface area contributed by atoms with Crippen molar-refractivity contribution in [3.05, 3.63) is 23.0 Å². The van der Waals surface area contributed by atoms with E-state index in [1.165, 1.54) is 0 Å². The topological polar surface area (TPSA) is 68.6 Å². The molecule has 2 heterocycles. The third-order valence-corrected chi connectivity index (χ3v) is 4.47. The van der Waals surface area contributed by atoms with E-state index in [0.29, 0.717) is 11.6 Å². The molecule has 1 aromatic heterocycles. The second-order valence-electron chi connectivity index (χ2n) is 6.56. The quantitative estimate of drug-likeness (QED) is 0.750. The average Bonchev–Trinajstić information content (AvgIpc) is 2.52. The molecular weight excluding hydrogens is 278 g/mol. The molecule has 0 saturated carbocycles. The highest BCUT2D eigenvalue weighted by Crippen LogP contribution is 2.37. The molecule has 3 N–H and O–H groups in total. The maximum absolute atomic E-state index is 10.6. The number of aliphatic hydroxyl groups is 1. The van der Waals surface area contributed by atoms with Gasteiger partial charge in [-0.1, -0.05) is 13.8 Å². The van der Waals surface area contributed by atoms with Crippen molar-refractivity contribution >= 4 is 0 Å². The number of nitrogens with one attached hydrogen (secondary N) is 1. The van der Waals surface area contributed by atoms with Crippen LogP contribution in [0.5, 0.6) is 5.75 Å². The van der Waals surface area contributed by atoms with Gasteiger partial charge in [0, 0.05) is 49.5 Å². The van der Waals surface area contributed by atoms with E-state index in [1.54, 1.807) is 6.20 Å². The number of nitrogens with zero attached hydrogens (tertiary/aromatic N) is 2. The summed E-state index contributed by atoms with van der Waals surface area (Å²) in [6.07, 6.45) is 3.79. The van der Waals surface area contributed by atoms with Gasteiger partial charge in [0.2, 0.25) is 0 Å². The van der Waals surface area contributed by atoms with Crippen LogP contribution in [0.4, 0.5) is 0 Å². The summed E-state index contributed by atoms with van der Waals surface area (Å²) in [5.74, 6) is 0.868. The molecule has 0 aromatic carbocycles. The van der Waals surface area contributed by atoms with Crippen LogP contribution in [0.25, 0.3) is 0 Å². The first-order chi connectivity index (χ1) is 10.5. The van der Waals surface area contributed by atoms with Gasteiger partial charge in [-0.15, -0.1) is 0 Å². The monoisotopic (exact) mass is 307 g/mol. The van der Waals surface area contributed by atoms with E-state index in [9.17, 15) is 10.2 Å². The molecule has 0 unspecified atom stereocenters. The van der Waals surface area contributed by atoms with Gasteiger partial charge < -0.3 is 15.5 Å². The lowest BCUT2D eigenvalue weighted by atomic mass is 9.92. The van der Waals surface area contributed by atoms with E-state index in [0.717, 1.165) is 50.1 Å². The SMILES string of the molecule is Cc1ncc(CO)c([C@@H](CCC(C)C)N2CCNCC2)c1O. The lowest BCUT2D eigenvalue weighted by molar-refractivity contribution is 0.154.